The van der Waals surface area contributed by atoms with Gasteiger partial charge in [-0.25, -0.2) is 0 Å². The Morgan fingerprint density at radius 3 is 2.87 bits per heavy atom. The number of aromatic nitrogens is 3. The topological polar surface area (TPSA) is 57.7 Å². The number of nitriles is 1. The van der Waals surface area contributed by atoms with E-state index in [1.54, 1.807) is 4.68 Å². The molecule has 0 N–H and O–H groups in total. The fourth-order valence-electron chi connectivity index (χ4n) is 1.43. The molecular weight excluding hydrogens is 190 g/mol. The van der Waals surface area contributed by atoms with Crippen molar-refractivity contribution in [2.75, 3.05) is 13.1 Å². The fraction of sp³-hybridized carbons (Fsp3) is 0.700. The summed E-state index contributed by atoms with van der Waals surface area (Å²) >= 11 is 0. The highest BCUT2D eigenvalue weighted by Gasteiger charge is 2.10. The van der Waals surface area contributed by atoms with Gasteiger partial charge in [-0.2, -0.15) is 5.26 Å². The second-order valence-corrected chi connectivity index (χ2v) is 3.74. The molecule has 0 fully saturated rings. The van der Waals surface area contributed by atoms with E-state index in [2.05, 4.69) is 28.2 Å². The van der Waals surface area contributed by atoms with E-state index >= 15 is 0 Å². The zero-order chi connectivity index (χ0) is 11.3. The van der Waals surface area contributed by atoms with Crippen LogP contribution in [0.2, 0.25) is 0 Å². The van der Waals surface area contributed by atoms with Crippen LogP contribution in [-0.4, -0.2) is 33.0 Å². The van der Waals surface area contributed by atoms with Crippen molar-refractivity contribution in [3.63, 3.8) is 0 Å². The summed E-state index contributed by atoms with van der Waals surface area (Å²) in [5.74, 6) is 0.0571. The van der Waals surface area contributed by atoms with E-state index in [1.807, 2.05) is 20.2 Å². The Morgan fingerprint density at radius 2 is 2.40 bits per heavy atom. The van der Waals surface area contributed by atoms with Gasteiger partial charge in [0.05, 0.1) is 17.7 Å². The van der Waals surface area contributed by atoms with Crippen molar-refractivity contribution in [3.05, 3.63) is 11.9 Å². The monoisotopic (exact) mass is 207 g/mol. The van der Waals surface area contributed by atoms with Gasteiger partial charge in [-0.3, -0.25) is 9.58 Å². The van der Waals surface area contributed by atoms with E-state index < -0.39 is 0 Å². The molecule has 0 aliphatic rings. The molecular formula is C10H17N5. The van der Waals surface area contributed by atoms with E-state index in [0.29, 0.717) is 0 Å². The van der Waals surface area contributed by atoms with Crippen molar-refractivity contribution in [2.45, 2.75) is 20.4 Å². The average molecular weight is 207 g/mol. The van der Waals surface area contributed by atoms with Crippen molar-refractivity contribution < 1.29 is 0 Å². The summed E-state index contributed by atoms with van der Waals surface area (Å²) in [6.45, 7) is 6.47. The summed E-state index contributed by atoms with van der Waals surface area (Å²) in [4.78, 5) is 2.19. The third-order valence-electron chi connectivity index (χ3n) is 2.24. The molecule has 1 atom stereocenters. The van der Waals surface area contributed by atoms with Crippen molar-refractivity contribution in [1.29, 1.82) is 5.26 Å². The van der Waals surface area contributed by atoms with Crippen LogP contribution in [0.5, 0.6) is 0 Å². The summed E-state index contributed by atoms with van der Waals surface area (Å²) in [5, 5.41) is 16.6. The summed E-state index contributed by atoms with van der Waals surface area (Å²) < 4.78 is 1.69. The van der Waals surface area contributed by atoms with Gasteiger partial charge in [0.1, 0.15) is 0 Å². The van der Waals surface area contributed by atoms with Crippen LogP contribution in [0.4, 0.5) is 0 Å². The average Bonchev–Trinajstić information content (AvgIpc) is 2.62. The maximum absolute atomic E-state index is 8.74. The minimum absolute atomic E-state index is 0.0571. The molecule has 1 aromatic heterocycles. The summed E-state index contributed by atoms with van der Waals surface area (Å²) in [6.07, 6.45) is 1.90. The Kier molecular flexibility index (Phi) is 4.25. The van der Waals surface area contributed by atoms with Crippen LogP contribution in [-0.2, 0) is 13.6 Å². The number of nitrogens with zero attached hydrogens (tertiary/aromatic N) is 5. The van der Waals surface area contributed by atoms with Crippen LogP contribution in [0.25, 0.3) is 0 Å². The molecule has 82 valence electrons. The number of hydrogen-bond donors (Lipinski definition) is 0. The molecule has 0 aromatic carbocycles. The lowest BCUT2D eigenvalue weighted by Crippen LogP contribution is -2.27. The summed E-state index contributed by atoms with van der Waals surface area (Å²) in [7, 11) is 1.85. The van der Waals surface area contributed by atoms with Crippen molar-refractivity contribution in [3.8, 4) is 6.07 Å². The molecule has 0 amide bonds. The zero-order valence-corrected chi connectivity index (χ0v) is 9.51. The molecule has 1 aromatic rings. The molecule has 5 heteroatoms. The molecule has 0 saturated carbocycles. The molecule has 1 heterocycles. The van der Waals surface area contributed by atoms with Gasteiger partial charge in [-0.1, -0.05) is 12.1 Å². The largest absolute Gasteiger partial charge is 0.296 e. The molecule has 0 spiro atoms. The van der Waals surface area contributed by atoms with Gasteiger partial charge in [0.25, 0.3) is 0 Å². The minimum atomic E-state index is 0.0571. The SMILES string of the molecule is CCN(Cc1cn(C)nn1)CC(C)C#N. The highest BCUT2D eigenvalue weighted by atomic mass is 15.4. The van der Waals surface area contributed by atoms with Crippen LogP contribution in [0, 0.1) is 17.2 Å². The first-order valence-electron chi connectivity index (χ1n) is 5.12. The Hall–Kier alpha value is -1.41. The van der Waals surface area contributed by atoms with Crippen LogP contribution >= 0.6 is 0 Å². The van der Waals surface area contributed by atoms with Gasteiger partial charge in [-0.15, -0.1) is 5.10 Å². The maximum Gasteiger partial charge on any atom is 0.0967 e. The van der Waals surface area contributed by atoms with E-state index in [1.165, 1.54) is 0 Å². The normalized spacial score (nSPS) is 12.7. The van der Waals surface area contributed by atoms with E-state index in [0.717, 1.165) is 25.3 Å². The second-order valence-electron chi connectivity index (χ2n) is 3.74. The van der Waals surface area contributed by atoms with Crippen LogP contribution in [0.3, 0.4) is 0 Å². The first kappa shape index (κ1) is 11.7. The van der Waals surface area contributed by atoms with Crippen LogP contribution < -0.4 is 0 Å². The first-order chi connectivity index (χ1) is 7.15. The molecule has 0 radical (unpaired) electrons. The van der Waals surface area contributed by atoms with Gasteiger partial charge in [-0.05, 0) is 13.5 Å². The highest BCUT2D eigenvalue weighted by molar-refractivity contribution is 4.92. The number of hydrogen-bond acceptors (Lipinski definition) is 4. The molecule has 5 nitrogen and oxygen atoms in total. The molecule has 0 aliphatic heterocycles. The minimum Gasteiger partial charge on any atom is -0.296 e. The van der Waals surface area contributed by atoms with Crippen molar-refractivity contribution in [2.24, 2.45) is 13.0 Å². The van der Waals surface area contributed by atoms with Crippen molar-refractivity contribution in [1.82, 2.24) is 19.9 Å². The van der Waals surface area contributed by atoms with E-state index in [-0.39, 0.29) is 5.92 Å². The Morgan fingerprint density at radius 1 is 1.67 bits per heavy atom. The zero-order valence-electron chi connectivity index (χ0n) is 9.51. The Balaban J connectivity index is 2.51. The standard InChI is InChI=1S/C10H17N5/c1-4-15(6-9(2)5-11)8-10-7-14(3)13-12-10/h7,9H,4,6,8H2,1-3H3. The maximum atomic E-state index is 8.74. The third-order valence-corrected chi connectivity index (χ3v) is 2.24. The molecule has 0 bridgehead atoms. The quantitative estimate of drug-likeness (QED) is 0.716. The van der Waals surface area contributed by atoms with Gasteiger partial charge in [0, 0.05) is 26.3 Å². The molecule has 0 aliphatic carbocycles. The van der Waals surface area contributed by atoms with Gasteiger partial charge in [0.15, 0.2) is 0 Å². The predicted octanol–water partition coefficient (Wildman–Crippen LogP) is 0.797. The second kappa shape index (κ2) is 5.47. The lowest BCUT2D eigenvalue weighted by molar-refractivity contribution is 0.257. The number of rotatable bonds is 5. The van der Waals surface area contributed by atoms with Gasteiger partial charge < -0.3 is 0 Å². The third kappa shape index (κ3) is 3.68. The molecule has 15 heavy (non-hydrogen) atoms. The summed E-state index contributed by atoms with van der Waals surface area (Å²) in [6, 6.07) is 2.24. The molecule has 0 saturated heterocycles. The van der Waals surface area contributed by atoms with Crippen LogP contribution in [0.15, 0.2) is 6.20 Å². The van der Waals surface area contributed by atoms with E-state index in [9.17, 15) is 0 Å². The van der Waals surface area contributed by atoms with E-state index in [4.69, 9.17) is 5.26 Å². The molecule has 1 unspecified atom stereocenters. The van der Waals surface area contributed by atoms with Crippen molar-refractivity contribution >= 4 is 0 Å². The van der Waals surface area contributed by atoms with Crippen LogP contribution in [0.1, 0.15) is 19.5 Å². The first-order valence-corrected chi connectivity index (χ1v) is 5.12. The smallest absolute Gasteiger partial charge is 0.0967 e. The van der Waals surface area contributed by atoms with Gasteiger partial charge >= 0.3 is 0 Å². The highest BCUT2D eigenvalue weighted by Crippen LogP contribution is 2.03. The molecule has 1 rings (SSSR count). The summed E-state index contributed by atoms with van der Waals surface area (Å²) in [5.41, 5.74) is 0.949. The lowest BCUT2D eigenvalue weighted by Gasteiger charge is -2.19. The number of aryl methyl sites for hydroxylation is 1. The fourth-order valence-corrected chi connectivity index (χ4v) is 1.43. The lowest BCUT2D eigenvalue weighted by atomic mass is 10.2. The Labute approximate surface area is 90.3 Å². The predicted molar refractivity (Wildman–Crippen MR) is 56.7 cm³/mol. The van der Waals surface area contributed by atoms with Gasteiger partial charge in [0.2, 0.25) is 0 Å². The Bertz CT molecular complexity index is 338.